The van der Waals surface area contributed by atoms with Crippen LogP contribution in [0, 0.1) is 0 Å². The number of carbonyl (C=O) groups excluding carboxylic acids is 1. The van der Waals surface area contributed by atoms with Gasteiger partial charge in [0, 0.05) is 19.8 Å². The second kappa shape index (κ2) is 5.81. The van der Waals surface area contributed by atoms with Crippen molar-refractivity contribution < 1.29 is 14.7 Å². The van der Waals surface area contributed by atoms with Crippen LogP contribution < -0.4 is 5.32 Å². The molecule has 0 aromatic carbocycles. The fraction of sp³-hybridized carbons (Fsp3) is 0.250. The topological polar surface area (TPSA) is 82.5 Å². The van der Waals surface area contributed by atoms with Crippen molar-refractivity contribution in [3.63, 3.8) is 0 Å². The number of nitrogens with zero attached hydrogens (tertiary/aromatic N) is 2. The summed E-state index contributed by atoms with van der Waals surface area (Å²) in [6.45, 7) is 5.95. The number of aromatic carboxylic acids is 1. The van der Waals surface area contributed by atoms with Gasteiger partial charge in [-0.25, -0.2) is 9.59 Å². The SMILES string of the molecule is C=C(C)CN(C)C(=O)Nc1cncc(C(=O)O)c1. The van der Waals surface area contributed by atoms with Gasteiger partial charge in [0.15, 0.2) is 0 Å². The number of aromatic nitrogens is 1. The van der Waals surface area contributed by atoms with Gasteiger partial charge in [-0.2, -0.15) is 0 Å². The van der Waals surface area contributed by atoms with Crippen LogP contribution in [0.3, 0.4) is 0 Å². The van der Waals surface area contributed by atoms with E-state index in [1.165, 1.54) is 23.4 Å². The number of hydrogen-bond donors (Lipinski definition) is 2. The summed E-state index contributed by atoms with van der Waals surface area (Å²) in [5.41, 5.74) is 1.22. The maximum atomic E-state index is 11.7. The minimum atomic E-state index is -1.09. The number of hydrogen-bond acceptors (Lipinski definition) is 3. The Morgan fingerprint density at radius 3 is 2.72 bits per heavy atom. The number of likely N-dealkylation sites (N-methyl/N-ethyl adjacent to an activating group) is 1. The largest absolute Gasteiger partial charge is 0.478 e. The lowest BCUT2D eigenvalue weighted by molar-refractivity contribution is 0.0696. The molecule has 0 atom stereocenters. The van der Waals surface area contributed by atoms with Crippen LogP contribution in [0.2, 0.25) is 0 Å². The highest BCUT2D eigenvalue weighted by atomic mass is 16.4. The summed E-state index contributed by atoms with van der Waals surface area (Å²) in [5, 5.41) is 11.4. The molecule has 1 aromatic heterocycles. The Morgan fingerprint density at radius 1 is 1.50 bits per heavy atom. The highest BCUT2D eigenvalue weighted by Gasteiger charge is 2.10. The van der Waals surface area contributed by atoms with Crippen LogP contribution in [-0.2, 0) is 0 Å². The van der Waals surface area contributed by atoms with Gasteiger partial charge in [0.05, 0.1) is 17.4 Å². The van der Waals surface area contributed by atoms with Crippen LogP contribution in [0.15, 0.2) is 30.6 Å². The van der Waals surface area contributed by atoms with Crippen LogP contribution in [0.4, 0.5) is 10.5 Å². The van der Waals surface area contributed by atoms with E-state index in [0.29, 0.717) is 12.2 Å². The van der Waals surface area contributed by atoms with Crippen molar-refractivity contribution in [1.82, 2.24) is 9.88 Å². The number of rotatable bonds is 4. The van der Waals surface area contributed by atoms with E-state index < -0.39 is 5.97 Å². The molecule has 1 aromatic rings. The van der Waals surface area contributed by atoms with Crippen molar-refractivity contribution in [2.24, 2.45) is 0 Å². The standard InChI is InChI=1S/C12H15N3O3/c1-8(2)7-15(3)12(18)14-10-4-9(11(16)17)5-13-6-10/h4-6H,1,7H2,2-3H3,(H,14,18)(H,16,17). The van der Waals surface area contributed by atoms with E-state index in [-0.39, 0.29) is 11.6 Å². The first-order chi connectivity index (χ1) is 8.40. The van der Waals surface area contributed by atoms with E-state index in [9.17, 15) is 9.59 Å². The highest BCUT2D eigenvalue weighted by molar-refractivity contribution is 5.92. The molecule has 0 spiro atoms. The van der Waals surface area contributed by atoms with E-state index in [1.807, 2.05) is 6.92 Å². The van der Waals surface area contributed by atoms with Gasteiger partial charge in [-0.3, -0.25) is 4.98 Å². The van der Waals surface area contributed by atoms with E-state index in [2.05, 4.69) is 16.9 Å². The Bertz CT molecular complexity index is 485. The first kappa shape index (κ1) is 13.7. The molecular formula is C12H15N3O3. The lowest BCUT2D eigenvalue weighted by atomic mass is 10.2. The lowest BCUT2D eigenvalue weighted by Gasteiger charge is -2.17. The lowest BCUT2D eigenvalue weighted by Crippen LogP contribution is -2.32. The van der Waals surface area contributed by atoms with Gasteiger partial charge in [0.1, 0.15) is 0 Å². The molecule has 2 amide bonds. The molecule has 0 aliphatic heterocycles. The monoisotopic (exact) mass is 249 g/mol. The van der Waals surface area contributed by atoms with Gasteiger partial charge in [0.25, 0.3) is 0 Å². The predicted octanol–water partition coefficient (Wildman–Crippen LogP) is 1.82. The van der Waals surface area contributed by atoms with Crippen molar-refractivity contribution in [3.05, 3.63) is 36.2 Å². The summed E-state index contributed by atoms with van der Waals surface area (Å²) >= 11 is 0. The Hall–Kier alpha value is -2.37. The van der Waals surface area contributed by atoms with Crippen molar-refractivity contribution in [2.45, 2.75) is 6.92 Å². The smallest absolute Gasteiger partial charge is 0.337 e. The van der Waals surface area contributed by atoms with Crippen LogP contribution in [0.1, 0.15) is 17.3 Å². The number of pyridine rings is 1. The second-order valence-corrected chi connectivity index (χ2v) is 4.01. The summed E-state index contributed by atoms with van der Waals surface area (Å²) in [4.78, 5) is 27.7. The molecule has 0 bridgehead atoms. The zero-order chi connectivity index (χ0) is 13.7. The molecule has 0 aliphatic carbocycles. The van der Waals surface area contributed by atoms with Crippen molar-refractivity contribution >= 4 is 17.7 Å². The van der Waals surface area contributed by atoms with Crippen LogP contribution >= 0.6 is 0 Å². The summed E-state index contributed by atoms with van der Waals surface area (Å²) in [7, 11) is 1.62. The van der Waals surface area contributed by atoms with Gasteiger partial charge in [-0.05, 0) is 13.0 Å². The number of carbonyl (C=O) groups is 2. The molecule has 6 heteroatoms. The fourth-order valence-corrected chi connectivity index (χ4v) is 1.32. The number of carboxylic acid groups (broad SMARTS) is 1. The van der Waals surface area contributed by atoms with Crippen LogP contribution in [-0.4, -0.2) is 40.6 Å². The first-order valence-electron chi connectivity index (χ1n) is 5.25. The molecule has 0 unspecified atom stereocenters. The molecular weight excluding hydrogens is 234 g/mol. The Labute approximate surface area is 105 Å². The van der Waals surface area contributed by atoms with Crippen molar-refractivity contribution in [2.75, 3.05) is 18.9 Å². The van der Waals surface area contributed by atoms with E-state index in [4.69, 9.17) is 5.11 Å². The Morgan fingerprint density at radius 2 is 2.17 bits per heavy atom. The van der Waals surface area contributed by atoms with Crippen molar-refractivity contribution in [1.29, 1.82) is 0 Å². The van der Waals surface area contributed by atoms with Crippen LogP contribution in [0.25, 0.3) is 0 Å². The Kier molecular flexibility index (Phi) is 4.42. The summed E-state index contributed by atoms with van der Waals surface area (Å²) in [5.74, 6) is -1.09. The molecule has 1 heterocycles. The first-order valence-corrected chi connectivity index (χ1v) is 5.25. The average molecular weight is 249 g/mol. The molecule has 18 heavy (non-hydrogen) atoms. The summed E-state index contributed by atoms with van der Waals surface area (Å²) in [6, 6.07) is 1.00. The zero-order valence-electron chi connectivity index (χ0n) is 10.3. The van der Waals surface area contributed by atoms with Crippen LogP contribution in [0.5, 0.6) is 0 Å². The van der Waals surface area contributed by atoms with Gasteiger partial charge in [0.2, 0.25) is 0 Å². The molecule has 2 N–H and O–H groups in total. The fourth-order valence-electron chi connectivity index (χ4n) is 1.32. The maximum Gasteiger partial charge on any atom is 0.337 e. The third-order valence-corrected chi connectivity index (χ3v) is 2.09. The quantitative estimate of drug-likeness (QED) is 0.797. The maximum absolute atomic E-state index is 11.7. The number of nitrogens with one attached hydrogen (secondary N) is 1. The minimum Gasteiger partial charge on any atom is -0.478 e. The van der Waals surface area contributed by atoms with Gasteiger partial charge in [-0.1, -0.05) is 12.2 Å². The third-order valence-electron chi connectivity index (χ3n) is 2.09. The Balaban J connectivity index is 2.72. The number of amides is 2. The van der Waals surface area contributed by atoms with E-state index in [1.54, 1.807) is 7.05 Å². The number of carboxylic acids is 1. The third kappa shape index (κ3) is 3.89. The predicted molar refractivity (Wildman–Crippen MR) is 67.7 cm³/mol. The second-order valence-electron chi connectivity index (χ2n) is 4.01. The highest BCUT2D eigenvalue weighted by Crippen LogP contribution is 2.09. The number of urea groups is 1. The summed E-state index contributed by atoms with van der Waals surface area (Å²) in [6.07, 6.45) is 2.61. The average Bonchev–Trinajstić information content (AvgIpc) is 2.28. The molecule has 0 aliphatic rings. The van der Waals surface area contributed by atoms with Gasteiger partial charge in [-0.15, -0.1) is 0 Å². The molecule has 1 rings (SSSR count). The van der Waals surface area contributed by atoms with E-state index >= 15 is 0 Å². The van der Waals surface area contributed by atoms with Crippen molar-refractivity contribution in [3.8, 4) is 0 Å². The molecule has 96 valence electrons. The normalized spacial score (nSPS) is 9.67. The number of anilines is 1. The summed E-state index contributed by atoms with van der Waals surface area (Å²) < 4.78 is 0. The molecule has 0 radical (unpaired) electrons. The minimum absolute atomic E-state index is 0.0235. The zero-order valence-corrected chi connectivity index (χ0v) is 10.3. The molecule has 0 fully saturated rings. The van der Waals surface area contributed by atoms with Gasteiger partial charge < -0.3 is 15.3 Å². The molecule has 6 nitrogen and oxygen atoms in total. The van der Waals surface area contributed by atoms with Gasteiger partial charge >= 0.3 is 12.0 Å². The molecule has 0 saturated carbocycles. The molecule has 0 saturated heterocycles. The van der Waals surface area contributed by atoms with E-state index in [0.717, 1.165) is 5.57 Å².